The lowest BCUT2D eigenvalue weighted by molar-refractivity contribution is 0.252. The van der Waals surface area contributed by atoms with Gasteiger partial charge in [0.25, 0.3) is 5.76 Å². The number of nitrogens with one attached hydrogen (secondary N) is 1. The van der Waals surface area contributed by atoms with E-state index in [0.29, 0.717) is 33.9 Å². The Morgan fingerprint density at radius 3 is 2.61 bits per heavy atom. The Hall–Kier alpha value is -1.82. The molecule has 0 aliphatic heterocycles. The van der Waals surface area contributed by atoms with Crippen molar-refractivity contribution in [1.82, 2.24) is 4.98 Å². The quantitative estimate of drug-likeness (QED) is 0.829. The summed E-state index contributed by atoms with van der Waals surface area (Å²) in [5.74, 6) is -2.03. The molecule has 0 aliphatic rings. The van der Waals surface area contributed by atoms with Crippen molar-refractivity contribution in [3.8, 4) is 0 Å². The highest BCUT2D eigenvalue weighted by Crippen LogP contribution is 2.33. The van der Waals surface area contributed by atoms with E-state index in [1.807, 2.05) is 0 Å². The van der Waals surface area contributed by atoms with Crippen molar-refractivity contribution in [3.63, 3.8) is 0 Å². The van der Waals surface area contributed by atoms with Gasteiger partial charge in [0.1, 0.15) is 5.82 Å². The zero-order chi connectivity index (χ0) is 13.0. The number of para-hydroxylation sites is 1. The van der Waals surface area contributed by atoms with Crippen molar-refractivity contribution in [2.45, 2.75) is 10.7 Å². The summed E-state index contributed by atoms with van der Waals surface area (Å²) < 4.78 is 24.8. The molecule has 18 heavy (non-hydrogen) atoms. The zero-order valence-corrected chi connectivity index (χ0v) is 10.1. The second-order valence-corrected chi connectivity index (χ2v) is 4.50. The van der Waals surface area contributed by atoms with Crippen LogP contribution in [0.25, 0.3) is 0 Å². The Bertz CT molecular complexity index is 517. The summed E-state index contributed by atoms with van der Waals surface area (Å²) in [4.78, 5) is 4.42. The van der Waals surface area contributed by atoms with Crippen LogP contribution in [-0.2, 0) is 0 Å². The molecule has 0 bridgehead atoms. The number of aromatic nitrogens is 1. The lowest BCUT2D eigenvalue weighted by Crippen LogP contribution is -1.95. The van der Waals surface area contributed by atoms with Gasteiger partial charge in [-0.05, 0) is 24.3 Å². The number of alkyl halides is 2. The fourth-order valence-electron chi connectivity index (χ4n) is 1.40. The van der Waals surface area contributed by atoms with Gasteiger partial charge in [-0.15, -0.1) is 0 Å². The highest BCUT2D eigenvalue weighted by molar-refractivity contribution is 7.99. The van der Waals surface area contributed by atoms with Gasteiger partial charge in [0, 0.05) is 4.90 Å². The predicted molar refractivity (Wildman–Crippen MR) is 70.2 cm³/mol. The molecule has 2 rings (SSSR count). The predicted octanol–water partition coefficient (Wildman–Crippen LogP) is 3.72. The fraction of sp³-hybridized carbons (Fsp3) is 0.0833. The second-order valence-electron chi connectivity index (χ2n) is 3.47. The highest BCUT2D eigenvalue weighted by atomic mass is 32.2. The van der Waals surface area contributed by atoms with Gasteiger partial charge in [-0.1, -0.05) is 23.9 Å². The second kappa shape index (κ2) is 5.68. The molecule has 0 unspecified atom stereocenters. The Labute approximate surface area is 107 Å². The lowest BCUT2D eigenvalue weighted by Gasteiger charge is -2.11. The van der Waals surface area contributed by atoms with E-state index in [2.05, 4.69) is 10.3 Å². The summed E-state index contributed by atoms with van der Waals surface area (Å²) in [6.45, 7) is 0. The molecule has 0 saturated carbocycles. The van der Waals surface area contributed by atoms with Gasteiger partial charge in [0.05, 0.1) is 17.6 Å². The normalized spacial score (nSPS) is 10.6. The molecule has 1 aromatic heterocycles. The lowest BCUT2D eigenvalue weighted by atomic mass is 10.3. The number of nitrogens with zero attached hydrogens (tertiary/aromatic N) is 1. The SMILES string of the molecule is Nc1ccc(Nc2ccccc2SC(F)F)cn1. The van der Waals surface area contributed by atoms with E-state index in [0.717, 1.165) is 0 Å². The molecule has 0 fully saturated rings. The molecule has 94 valence electrons. The number of nitrogen functional groups attached to an aromatic ring is 1. The number of rotatable bonds is 4. The summed E-state index contributed by atoms with van der Waals surface area (Å²) in [7, 11) is 0. The summed E-state index contributed by atoms with van der Waals surface area (Å²) >= 11 is 0.507. The maximum atomic E-state index is 12.4. The number of benzene rings is 1. The molecular formula is C12H11F2N3S. The largest absolute Gasteiger partial charge is 0.384 e. The average molecular weight is 267 g/mol. The number of hydrogen-bond acceptors (Lipinski definition) is 4. The molecule has 1 heterocycles. The maximum Gasteiger partial charge on any atom is 0.288 e. The van der Waals surface area contributed by atoms with Crippen LogP contribution in [-0.4, -0.2) is 10.7 Å². The molecule has 0 saturated heterocycles. The standard InChI is InChI=1S/C12H11F2N3S/c13-12(14)18-10-4-2-1-3-9(10)17-8-5-6-11(15)16-7-8/h1-7,12,17H,(H2,15,16). The molecule has 3 N–H and O–H groups in total. The maximum absolute atomic E-state index is 12.4. The van der Waals surface area contributed by atoms with Gasteiger partial charge < -0.3 is 11.1 Å². The number of pyridine rings is 1. The minimum atomic E-state index is -2.45. The van der Waals surface area contributed by atoms with Gasteiger partial charge in [-0.3, -0.25) is 0 Å². The van der Waals surface area contributed by atoms with E-state index in [1.165, 1.54) is 0 Å². The number of thioether (sulfide) groups is 1. The molecule has 1 aromatic carbocycles. The minimum Gasteiger partial charge on any atom is -0.384 e. The smallest absolute Gasteiger partial charge is 0.288 e. The minimum absolute atomic E-state index is 0.413. The number of nitrogens with two attached hydrogens (primary N) is 1. The van der Waals surface area contributed by atoms with Crippen LogP contribution in [0.1, 0.15) is 0 Å². The Morgan fingerprint density at radius 1 is 1.17 bits per heavy atom. The first kappa shape index (κ1) is 12.6. The van der Waals surface area contributed by atoms with E-state index in [9.17, 15) is 8.78 Å². The van der Waals surface area contributed by atoms with Crippen LogP contribution in [0.2, 0.25) is 0 Å². The van der Waals surface area contributed by atoms with E-state index in [1.54, 1.807) is 42.6 Å². The monoisotopic (exact) mass is 267 g/mol. The van der Waals surface area contributed by atoms with E-state index < -0.39 is 5.76 Å². The van der Waals surface area contributed by atoms with Crippen molar-refractivity contribution >= 4 is 29.0 Å². The Balaban J connectivity index is 2.20. The first-order chi connectivity index (χ1) is 8.65. The molecule has 0 amide bonds. The summed E-state index contributed by atoms with van der Waals surface area (Å²) in [5.41, 5.74) is 6.79. The van der Waals surface area contributed by atoms with E-state index in [4.69, 9.17) is 5.73 Å². The average Bonchev–Trinajstić information content (AvgIpc) is 2.34. The molecule has 0 atom stereocenters. The number of halogens is 2. The molecule has 0 aliphatic carbocycles. The van der Waals surface area contributed by atoms with Crippen molar-refractivity contribution in [1.29, 1.82) is 0 Å². The van der Waals surface area contributed by atoms with Crippen LogP contribution in [0.15, 0.2) is 47.5 Å². The van der Waals surface area contributed by atoms with Crippen molar-refractivity contribution < 1.29 is 8.78 Å². The van der Waals surface area contributed by atoms with Gasteiger partial charge in [0.2, 0.25) is 0 Å². The molecule has 3 nitrogen and oxygen atoms in total. The van der Waals surface area contributed by atoms with E-state index in [-0.39, 0.29) is 0 Å². The third-order valence-electron chi connectivity index (χ3n) is 2.17. The molecule has 2 aromatic rings. The third-order valence-corrected chi connectivity index (χ3v) is 2.96. The van der Waals surface area contributed by atoms with Crippen molar-refractivity contribution in [2.75, 3.05) is 11.1 Å². The first-order valence-corrected chi connectivity index (χ1v) is 6.05. The fourth-order valence-corrected chi connectivity index (χ4v) is 2.00. The van der Waals surface area contributed by atoms with Gasteiger partial charge in [0.15, 0.2) is 0 Å². The van der Waals surface area contributed by atoms with Crippen LogP contribution in [0.4, 0.5) is 26.0 Å². The van der Waals surface area contributed by atoms with Crippen LogP contribution < -0.4 is 11.1 Å². The number of anilines is 3. The summed E-state index contributed by atoms with van der Waals surface area (Å²) in [6.07, 6.45) is 1.55. The van der Waals surface area contributed by atoms with Gasteiger partial charge in [-0.2, -0.15) is 8.78 Å². The Kier molecular flexibility index (Phi) is 3.99. The first-order valence-electron chi connectivity index (χ1n) is 5.17. The van der Waals surface area contributed by atoms with Crippen molar-refractivity contribution in [3.05, 3.63) is 42.6 Å². The summed E-state index contributed by atoms with van der Waals surface area (Å²) in [6, 6.07) is 10.3. The van der Waals surface area contributed by atoms with E-state index >= 15 is 0 Å². The Morgan fingerprint density at radius 2 is 1.94 bits per heavy atom. The number of hydrogen-bond donors (Lipinski definition) is 2. The zero-order valence-electron chi connectivity index (χ0n) is 9.31. The molecule has 0 spiro atoms. The van der Waals surface area contributed by atoms with Gasteiger partial charge in [-0.25, -0.2) is 4.98 Å². The molecule has 6 heteroatoms. The van der Waals surface area contributed by atoms with Crippen LogP contribution in [0.5, 0.6) is 0 Å². The highest BCUT2D eigenvalue weighted by Gasteiger charge is 2.09. The summed E-state index contributed by atoms with van der Waals surface area (Å²) in [5, 5.41) is 3.03. The molecular weight excluding hydrogens is 256 g/mol. The third kappa shape index (κ3) is 3.33. The van der Waals surface area contributed by atoms with Crippen LogP contribution in [0.3, 0.4) is 0 Å². The van der Waals surface area contributed by atoms with Crippen molar-refractivity contribution in [2.24, 2.45) is 0 Å². The topological polar surface area (TPSA) is 50.9 Å². The van der Waals surface area contributed by atoms with Crippen LogP contribution >= 0.6 is 11.8 Å². The molecule has 0 radical (unpaired) electrons. The van der Waals surface area contributed by atoms with Crippen LogP contribution in [0, 0.1) is 0 Å². The van der Waals surface area contributed by atoms with Gasteiger partial charge >= 0.3 is 0 Å².